The fraction of sp³-hybridized carbons (Fsp3) is 0.545. The zero-order valence-electron chi connectivity index (χ0n) is 19.6. The molecule has 1 aromatic carbocycles. The number of imidazole rings is 1. The third kappa shape index (κ3) is 6.44. The van der Waals surface area contributed by atoms with E-state index in [0.717, 1.165) is 4.57 Å². The van der Waals surface area contributed by atoms with Crippen LogP contribution in [0.2, 0.25) is 0 Å². The molecule has 0 aliphatic rings. The van der Waals surface area contributed by atoms with Crippen LogP contribution in [0.4, 0.5) is 20.3 Å². The summed E-state index contributed by atoms with van der Waals surface area (Å²) in [4.78, 5) is 44.1. The molecule has 0 radical (unpaired) electrons. The molecule has 0 saturated heterocycles. The number of aromatic nitrogens is 2. The van der Waals surface area contributed by atoms with E-state index in [2.05, 4.69) is 4.98 Å². The van der Waals surface area contributed by atoms with Crippen molar-refractivity contribution in [2.75, 3.05) is 4.90 Å². The molecule has 9 nitrogen and oxygen atoms in total. The lowest BCUT2D eigenvalue weighted by atomic mass is 10.2. The largest absolute Gasteiger partial charge is 0.443 e. The van der Waals surface area contributed by atoms with Gasteiger partial charge in [0.1, 0.15) is 16.8 Å². The Balaban J connectivity index is 2.70. The molecule has 0 atom stereocenters. The van der Waals surface area contributed by atoms with Gasteiger partial charge in [-0.1, -0.05) is 12.1 Å². The minimum absolute atomic E-state index is 0.279. The van der Waals surface area contributed by atoms with Crippen molar-refractivity contribution in [3.63, 3.8) is 0 Å². The summed E-state index contributed by atoms with van der Waals surface area (Å²) >= 11 is 0. The van der Waals surface area contributed by atoms with Gasteiger partial charge in [-0.3, -0.25) is 0 Å². The standard InChI is InChI=1S/C22H31N3O6/c1-20(2,3)29-17(26)24-15-13-11-10-12-14(15)23-16(24)25(18(27)30-21(4,5)6)19(28)31-22(7,8)9/h10-13H,1-9H3. The van der Waals surface area contributed by atoms with Gasteiger partial charge < -0.3 is 14.2 Å². The number of rotatable bonds is 1. The number of nitrogens with zero attached hydrogens (tertiary/aromatic N) is 3. The smallest absolute Gasteiger partial charge is 0.427 e. The Labute approximate surface area is 182 Å². The monoisotopic (exact) mass is 433 g/mol. The molecule has 2 rings (SSSR count). The zero-order chi connectivity index (χ0) is 23.8. The molecule has 170 valence electrons. The van der Waals surface area contributed by atoms with E-state index in [1.807, 2.05) is 0 Å². The average Bonchev–Trinajstić information content (AvgIpc) is 2.88. The number of ether oxygens (including phenoxy) is 3. The maximum Gasteiger partial charge on any atom is 0.427 e. The molecule has 1 aromatic heterocycles. The Morgan fingerprint density at radius 3 is 1.68 bits per heavy atom. The fourth-order valence-corrected chi connectivity index (χ4v) is 2.50. The van der Waals surface area contributed by atoms with Crippen LogP contribution in [0.25, 0.3) is 11.0 Å². The number of hydrogen-bond acceptors (Lipinski definition) is 7. The lowest BCUT2D eigenvalue weighted by Gasteiger charge is -2.28. The highest BCUT2D eigenvalue weighted by Gasteiger charge is 2.38. The van der Waals surface area contributed by atoms with Crippen molar-refractivity contribution in [2.24, 2.45) is 0 Å². The summed E-state index contributed by atoms with van der Waals surface area (Å²) in [5, 5.41) is 0. The van der Waals surface area contributed by atoms with Crippen LogP contribution in [-0.2, 0) is 14.2 Å². The van der Waals surface area contributed by atoms with Crippen LogP contribution in [-0.4, -0.2) is 44.6 Å². The van der Waals surface area contributed by atoms with Crippen LogP contribution in [0.5, 0.6) is 0 Å². The molecule has 2 amide bonds. The summed E-state index contributed by atoms with van der Waals surface area (Å²) < 4.78 is 17.4. The van der Waals surface area contributed by atoms with Gasteiger partial charge in [0, 0.05) is 0 Å². The summed E-state index contributed by atoms with van der Waals surface area (Å²) in [5.41, 5.74) is -1.87. The molecule has 0 aliphatic heterocycles. The number of anilines is 1. The molecule has 9 heteroatoms. The van der Waals surface area contributed by atoms with E-state index >= 15 is 0 Å². The molecule has 0 bridgehead atoms. The molecule has 0 fully saturated rings. The highest BCUT2D eigenvalue weighted by molar-refractivity contribution is 6.10. The summed E-state index contributed by atoms with van der Waals surface area (Å²) in [6.07, 6.45) is -2.85. The predicted octanol–water partition coefficient (Wildman–Crippen LogP) is 5.50. The summed E-state index contributed by atoms with van der Waals surface area (Å²) in [7, 11) is 0. The van der Waals surface area contributed by atoms with Crippen molar-refractivity contribution in [1.29, 1.82) is 0 Å². The van der Waals surface area contributed by atoms with Crippen LogP contribution in [0, 0.1) is 0 Å². The quantitative estimate of drug-likeness (QED) is 0.548. The van der Waals surface area contributed by atoms with Gasteiger partial charge in [-0.25, -0.2) is 23.9 Å². The van der Waals surface area contributed by atoms with Crippen LogP contribution in [0.3, 0.4) is 0 Å². The molecule has 0 spiro atoms. The minimum atomic E-state index is -1.03. The molecule has 2 aromatic rings. The maximum absolute atomic E-state index is 13.0. The van der Waals surface area contributed by atoms with Crippen LogP contribution >= 0.6 is 0 Å². The van der Waals surface area contributed by atoms with Crippen molar-refractivity contribution in [1.82, 2.24) is 9.55 Å². The van der Waals surface area contributed by atoms with Gasteiger partial charge >= 0.3 is 18.3 Å². The lowest BCUT2D eigenvalue weighted by molar-refractivity contribution is 0.0424. The minimum Gasteiger partial charge on any atom is -0.443 e. The molecule has 1 heterocycles. The summed E-state index contributed by atoms with van der Waals surface area (Å²) in [6, 6.07) is 6.73. The highest BCUT2D eigenvalue weighted by Crippen LogP contribution is 2.27. The van der Waals surface area contributed by atoms with Crippen LogP contribution in [0.1, 0.15) is 62.3 Å². The van der Waals surface area contributed by atoms with Crippen molar-refractivity contribution in [3.8, 4) is 0 Å². The van der Waals surface area contributed by atoms with E-state index < -0.39 is 35.1 Å². The number of amides is 2. The van der Waals surface area contributed by atoms with E-state index in [0.29, 0.717) is 15.9 Å². The molecule has 0 saturated carbocycles. The van der Waals surface area contributed by atoms with E-state index in [1.54, 1.807) is 86.6 Å². The van der Waals surface area contributed by atoms with Gasteiger partial charge in [0.15, 0.2) is 0 Å². The van der Waals surface area contributed by atoms with Gasteiger partial charge in [0.05, 0.1) is 11.0 Å². The first-order valence-electron chi connectivity index (χ1n) is 9.95. The van der Waals surface area contributed by atoms with Crippen LogP contribution < -0.4 is 4.90 Å². The molecule has 0 N–H and O–H groups in total. The highest BCUT2D eigenvalue weighted by atomic mass is 16.6. The first-order chi connectivity index (χ1) is 14.0. The summed E-state index contributed by atoms with van der Waals surface area (Å²) in [6.45, 7) is 15.1. The molecular weight excluding hydrogens is 402 g/mol. The number of hydrogen-bond donors (Lipinski definition) is 0. The van der Waals surface area contributed by atoms with E-state index in [1.165, 1.54) is 0 Å². The van der Waals surface area contributed by atoms with Crippen molar-refractivity contribution in [3.05, 3.63) is 24.3 Å². The topological polar surface area (TPSA) is 100.0 Å². The molecular formula is C22H31N3O6. The lowest BCUT2D eigenvalue weighted by Crippen LogP contribution is -2.45. The first kappa shape index (κ1) is 24.2. The molecule has 0 aliphatic carbocycles. The second-order valence-electron chi connectivity index (χ2n) is 10.0. The maximum atomic E-state index is 13.0. The second kappa shape index (κ2) is 8.20. The van der Waals surface area contributed by atoms with Gasteiger partial charge in [0.2, 0.25) is 5.95 Å². The van der Waals surface area contributed by atoms with Gasteiger partial charge in [-0.2, -0.15) is 0 Å². The third-order valence-corrected chi connectivity index (χ3v) is 3.47. The number of carbonyl (C=O) groups excluding carboxylic acids is 3. The third-order valence-electron chi connectivity index (χ3n) is 3.47. The first-order valence-corrected chi connectivity index (χ1v) is 9.95. The Kier molecular flexibility index (Phi) is 6.40. The SMILES string of the molecule is CC(C)(C)OC(=O)N(C(=O)OC(C)(C)C)c1nc2ccccc2n1C(=O)OC(C)(C)C. The number of benzene rings is 1. The normalized spacial score (nSPS) is 12.4. The van der Waals surface area contributed by atoms with Crippen molar-refractivity contribution in [2.45, 2.75) is 79.1 Å². The average molecular weight is 434 g/mol. The number of fused-ring (bicyclic) bond motifs is 1. The van der Waals surface area contributed by atoms with Crippen molar-refractivity contribution < 1.29 is 28.6 Å². The van der Waals surface area contributed by atoms with Gasteiger partial charge in [-0.05, 0) is 74.4 Å². The summed E-state index contributed by atoms with van der Waals surface area (Å²) in [5.74, 6) is -0.279. The predicted molar refractivity (Wildman–Crippen MR) is 116 cm³/mol. The zero-order valence-corrected chi connectivity index (χ0v) is 19.6. The molecule has 31 heavy (non-hydrogen) atoms. The van der Waals surface area contributed by atoms with Gasteiger partial charge in [-0.15, -0.1) is 4.90 Å². The van der Waals surface area contributed by atoms with Crippen molar-refractivity contribution >= 4 is 35.3 Å². The Morgan fingerprint density at radius 2 is 1.23 bits per heavy atom. The Hall–Kier alpha value is -3.10. The Morgan fingerprint density at radius 1 is 0.774 bits per heavy atom. The van der Waals surface area contributed by atoms with E-state index in [4.69, 9.17) is 14.2 Å². The Bertz CT molecular complexity index is 961. The number of imide groups is 1. The second-order valence-corrected chi connectivity index (χ2v) is 10.0. The van der Waals surface area contributed by atoms with Crippen LogP contribution in [0.15, 0.2) is 24.3 Å². The van der Waals surface area contributed by atoms with E-state index in [-0.39, 0.29) is 5.95 Å². The van der Waals surface area contributed by atoms with Gasteiger partial charge in [0.25, 0.3) is 0 Å². The fourth-order valence-electron chi connectivity index (χ4n) is 2.50. The number of carbonyl (C=O) groups is 3. The number of para-hydroxylation sites is 2. The van der Waals surface area contributed by atoms with E-state index in [9.17, 15) is 14.4 Å². The molecule has 0 unspecified atom stereocenters.